The summed E-state index contributed by atoms with van der Waals surface area (Å²) in [4.78, 5) is 40.2. The number of rotatable bonds is 9. The quantitative estimate of drug-likeness (QED) is 0.357. The maximum atomic E-state index is 13.3. The topological polar surface area (TPSA) is 88.8 Å². The Morgan fingerprint density at radius 1 is 0.800 bits per heavy atom. The van der Waals surface area contributed by atoms with E-state index in [0.29, 0.717) is 33.9 Å². The van der Waals surface area contributed by atoms with Crippen molar-refractivity contribution >= 4 is 23.3 Å². The zero-order chi connectivity index (χ0) is 24.6. The van der Waals surface area contributed by atoms with Gasteiger partial charge in [-0.05, 0) is 36.4 Å². The van der Waals surface area contributed by atoms with E-state index in [1.165, 1.54) is 18.3 Å². The summed E-state index contributed by atoms with van der Waals surface area (Å²) in [7, 11) is 1.52. The molecular weight excluding hydrogens is 444 g/mol. The summed E-state index contributed by atoms with van der Waals surface area (Å²) in [6.07, 6.45) is 1.51. The van der Waals surface area contributed by atoms with Crippen molar-refractivity contribution < 1.29 is 23.5 Å². The van der Waals surface area contributed by atoms with Gasteiger partial charge in [-0.3, -0.25) is 14.4 Å². The third kappa shape index (κ3) is 5.83. The molecule has 35 heavy (non-hydrogen) atoms. The number of benzene rings is 3. The summed E-state index contributed by atoms with van der Waals surface area (Å²) in [5, 5.41) is 2.79. The predicted octanol–water partition coefficient (Wildman–Crippen LogP) is 4.80. The SMILES string of the molecule is COc1ccccc1NC(=O)CN(Cc1ccco1)C(=O)c1ccc(C(=O)c2ccccc2)cc1. The Morgan fingerprint density at radius 3 is 2.14 bits per heavy atom. The fourth-order valence-corrected chi connectivity index (χ4v) is 3.60. The highest BCUT2D eigenvalue weighted by Crippen LogP contribution is 2.23. The number of amides is 2. The molecular formula is C28H24N2O5. The van der Waals surface area contributed by atoms with E-state index < -0.39 is 0 Å². The molecule has 0 aliphatic heterocycles. The van der Waals surface area contributed by atoms with Gasteiger partial charge in [0.05, 0.1) is 25.6 Å². The van der Waals surface area contributed by atoms with Crippen LogP contribution in [0.25, 0.3) is 0 Å². The second-order valence-electron chi connectivity index (χ2n) is 7.76. The van der Waals surface area contributed by atoms with Crippen LogP contribution in [-0.4, -0.2) is 36.2 Å². The fourth-order valence-electron chi connectivity index (χ4n) is 3.60. The molecule has 0 aliphatic carbocycles. The van der Waals surface area contributed by atoms with Gasteiger partial charge in [0, 0.05) is 16.7 Å². The van der Waals surface area contributed by atoms with Crippen LogP contribution >= 0.6 is 0 Å². The number of ketones is 1. The van der Waals surface area contributed by atoms with Gasteiger partial charge in [-0.1, -0.05) is 54.6 Å². The molecule has 0 fully saturated rings. The largest absolute Gasteiger partial charge is 0.495 e. The van der Waals surface area contributed by atoms with E-state index in [4.69, 9.17) is 9.15 Å². The number of anilines is 1. The van der Waals surface area contributed by atoms with Gasteiger partial charge in [-0.15, -0.1) is 0 Å². The minimum absolute atomic E-state index is 0.107. The number of carbonyl (C=O) groups is 3. The molecule has 1 N–H and O–H groups in total. The van der Waals surface area contributed by atoms with Crippen LogP contribution < -0.4 is 10.1 Å². The van der Waals surface area contributed by atoms with Crippen LogP contribution in [0.15, 0.2) is 102 Å². The van der Waals surface area contributed by atoms with E-state index in [0.717, 1.165) is 0 Å². The molecule has 0 aliphatic rings. The van der Waals surface area contributed by atoms with Crippen LogP contribution in [0, 0.1) is 0 Å². The number of nitrogens with zero attached hydrogens (tertiary/aromatic N) is 1. The van der Waals surface area contributed by atoms with Crippen LogP contribution in [0.5, 0.6) is 5.75 Å². The molecule has 7 nitrogen and oxygen atoms in total. The summed E-state index contributed by atoms with van der Waals surface area (Å²) >= 11 is 0. The summed E-state index contributed by atoms with van der Waals surface area (Å²) in [5.74, 6) is 0.177. The molecule has 2 amide bonds. The minimum Gasteiger partial charge on any atom is -0.495 e. The molecule has 7 heteroatoms. The molecule has 0 radical (unpaired) electrons. The second kappa shape index (κ2) is 11.0. The number of nitrogens with one attached hydrogen (secondary N) is 1. The Balaban J connectivity index is 1.51. The van der Waals surface area contributed by atoms with Gasteiger partial charge >= 0.3 is 0 Å². The van der Waals surface area contributed by atoms with E-state index in [1.807, 2.05) is 6.07 Å². The van der Waals surface area contributed by atoms with Gasteiger partial charge in [0.25, 0.3) is 5.91 Å². The average molecular weight is 469 g/mol. The lowest BCUT2D eigenvalue weighted by Gasteiger charge is -2.22. The van der Waals surface area contributed by atoms with Crippen LogP contribution in [0.1, 0.15) is 32.0 Å². The van der Waals surface area contributed by atoms with E-state index in [9.17, 15) is 14.4 Å². The average Bonchev–Trinajstić information content (AvgIpc) is 3.41. The van der Waals surface area contributed by atoms with Crippen molar-refractivity contribution in [3.63, 3.8) is 0 Å². The first-order valence-electron chi connectivity index (χ1n) is 11.0. The molecule has 0 unspecified atom stereocenters. The highest BCUT2D eigenvalue weighted by atomic mass is 16.5. The van der Waals surface area contributed by atoms with E-state index in [1.54, 1.807) is 84.9 Å². The first-order valence-corrected chi connectivity index (χ1v) is 11.0. The first-order chi connectivity index (χ1) is 17.0. The lowest BCUT2D eigenvalue weighted by atomic mass is 10.0. The standard InChI is InChI=1S/C28H24N2O5/c1-34-25-12-6-5-11-24(25)29-26(31)19-30(18-23-10-7-17-35-23)28(33)22-15-13-21(14-16-22)27(32)20-8-3-2-4-9-20/h2-17H,18-19H2,1H3,(H,29,31). The Hall–Kier alpha value is -4.65. The molecule has 1 aromatic heterocycles. The lowest BCUT2D eigenvalue weighted by molar-refractivity contribution is -0.117. The third-order valence-electron chi connectivity index (χ3n) is 5.36. The van der Waals surface area contributed by atoms with Crippen molar-refractivity contribution in [1.29, 1.82) is 0 Å². The van der Waals surface area contributed by atoms with Crippen LogP contribution in [0.4, 0.5) is 5.69 Å². The van der Waals surface area contributed by atoms with E-state index in [2.05, 4.69) is 5.32 Å². The first kappa shape index (κ1) is 23.5. The Morgan fingerprint density at radius 2 is 1.46 bits per heavy atom. The van der Waals surface area contributed by atoms with Crippen molar-refractivity contribution in [2.24, 2.45) is 0 Å². The molecule has 4 aromatic rings. The van der Waals surface area contributed by atoms with Crippen molar-refractivity contribution in [1.82, 2.24) is 4.90 Å². The number of methoxy groups -OCH3 is 1. The Kier molecular flexibility index (Phi) is 7.37. The predicted molar refractivity (Wildman–Crippen MR) is 131 cm³/mol. The summed E-state index contributed by atoms with van der Waals surface area (Å²) < 4.78 is 10.7. The van der Waals surface area contributed by atoms with E-state index in [-0.39, 0.29) is 30.7 Å². The van der Waals surface area contributed by atoms with Gasteiger partial charge in [0.15, 0.2) is 5.78 Å². The van der Waals surface area contributed by atoms with Gasteiger partial charge in [0.1, 0.15) is 18.1 Å². The minimum atomic E-state index is -0.384. The monoisotopic (exact) mass is 468 g/mol. The summed E-state index contributed by atoms with van der Waals surface area (Å²) in [6.45, 7) is -0.0991. The highest BCUT2D eigenvalue weighted by molar-refractivity contribution is 6.09. The molecule has 0 saturated carbocycles. The Labute approximate surface area is 202 Å². The van der Waals surface area contributed by atoms with Crippen molar-refractivity contribution in [3.05, 3.63) is 120 Å². The third-order valence-corrected chi connectivity index (χ3v) is 5.36. The summed E-state index contributed by atoms with van der Waals surface area (Å²) in [5.41, 5.74) is 1.90. The van der Waals surface area contributed by atoms with Crippen LogP contribution in [0.2, 0.25) is 0 Å². The fraction of sp³-hybridized carbons (Fsp3) is 0.107. The molecule has 0 bridgehead atoms. The van der Waals surface area contributed by atoms with Gasteiger partial charge in [-0.25, -0.2) is 0 Å². The summed E-state index contributed by atoms with van der Waals surface area (Å²) in [6, 6.07) is 25.8. The highest BCUT2D eigenvalue weighted by Gasteiger charge is 2.21. The molecule has 4 rings (SSSR count). The number of furan rings is 1. The van der Waals surface area contributed by atoms with Crippen LogP contribution in [-0.2, 0) is 11.3 Å². The molecule has 3 aromatic carbocycles. The number of para-hydroxylation sites is 2. The van der Waals surface area contributed by atoms with Crippen molar-refractivity contribution in [3.8, 4) is 5.75 Å². The lowest BCUT2D eigenvalue weighted by Crippen LogP contribution is -2.37. The maximum Gasteiger partial charge on any atom is 0.254 e. The Bertz CT molecular complexity index is 1300. The van der Waals surface area contributed by atoms with Crippen molar-refractivity contribution in [2.75, 3.05) is 19.0 Å². The molecule has 1 heterocycles. The molecule has 0 saturated heterocycles. The number of ether oxygens (including phenoxy) is 1. The zero-order valence-corrected chi connectivity index (χ0v) is 19.1. The van der Waals surface area contributed by atoms with Crippen molar-refractivity contribution in [2.45, 2.75) is 6.54 Å². The molecule has 176 valence electrons. The smallest absolute Gasteiger partial charge is 0.254 e. The number of hydrogen-bond donors (Lipinski definition) is 1. The second-order valence-corrected chi connectivity index (χ2v) is 7.76. The molecule has 0 spiro atoms. The van der Waals surface area contributed by atoms with E-state index >= 15 is 0 Å². The normalized spacial score (nSPS) is 10.4. The number of carbonyl (C=O) groups excluding carboxylic acids is 3. The zero-order valence-electron chi connectivity index (χ0n) is 19.1. The molecule has 0 atom stereocenters. The number of hydrogen-bond acceptors (Lipinski definition) is 5. The maximum absolute atomic E-state index is 13.3. The van der Waals surface area contributed by atoms with Gasteiger partial charge < -0.3 is 19.4 Å². The van der Waals surface area contributed by atoms with Gasteiger partial charge in [0.2, 0.25) is 5.91 Å². The van der Waals surface area contributed by atoms with Crippen LogP contribution in [0.3, 0.4) is 0 Å². The van der Waals surface area contributed by atoms with Gasteiger partial charge in [-0.2, -0.15) is 0 Å².